The van der Waals surface area contributed by atoms with Gasteiger partial charge in [-0.3, -0.25) is 4.79 Å². The molecular weight excluding hydrogens is 542 g/mol. The number of nitrogens with one attached hydrogen (secondary N) is 1. The van der Waals surface area contributed by atoms with Gasteiger partial charge < -0.3 is 5.32 Å². The number of carbonyl (C=O) groups excluding carboxylic acids is 1. The predicted molar refractivity (Wildman–Crippen MR) is 126 cm³/mol. The molecule has 1 unspecified atom stereocenters. The quantitative estimate of drug-likeness (QED) is 0.327. The highest BCUT2D eigenvalue weighted by molar-refractivity contribution is 7.99. The highest BCUT2D eigenvalue weighted by Crippen LogP contribution is 2.41. The lowest BCUT2D eigenvalue weighted by atomic mass is 9.95. The Kier molecular flexibility index (Phi) is 9.96. The Balaban J connectivity index is 2.48. The second-order valence-electron chi connectivity index (χ2n) is 7.50. The van der Waals surface area contributed by atoms with Gasteiger partial charge in [-0.15, -0.1) is 0 Å². The molecule has 12 heteroatoms. The minimum absolute atomic E-state index is 0.0212. The van der Waals surface area contributed by atoms with Crippen LogP contribution in [0.4, 0.5) is 30.7 Å². The maximum atomic E-state index is 14.9. The lowest BCUT2D eigenvalue weighted by molar-refractivity contribution is -0.140. The summed E-state index contributed by atoms with van der Waals surface area (Å²) in [5, 5.41) is 2.21. The van der Waals surface area contributed by atoms with Crippen LogP contribution in [0, 0.1) is 0 Å². The average molecular weight is 562 g/mol. The Bertz CT molecular complexity index is 1090. The third-order valence-corrected chi connectivity index (χ3v) is 6.65. The van der Waals surface area contributed by atoms with Crippen LogP contribution in [0.25, 0.3) is 5.83 Å². The second-order valence-corrected chi connectivity index (χ2v) is 9.63. The second kappa shape index (κ2) is 11.9. The van der Waals surface area contributed by atoms with Gasteiger partial charge in [0.1, 0.15) is 11.7 Å². The maximum absolute atomic E-state index is 14.9. The van der Waals surface area contributed by atoms with Crippen molar-refractivity contribution in [2.45, 2.75) is 38.2 Å². The lowest BCUT2D eigenvalue weighted by Crippen LogP contribution is -2.35. The summed E-state index contributed by atoms with van der Waals surface area (Å²) in [5.41, 5.74) is -3.45. The van der Waals surface area contributed by atoms with Gasteiger partial charge in [-0.05, 0) is 48.6 Å². The van der Waals surface area contributed by atoms with E-state index >= 15 is 0 Å². The van der Waals surface area contributed by atoms with E-state index in [-0.39, 0.29) is 16.1 Å². The number of halogens is 9. The zero-order chi connectivity index (χ0) is 26.6. The van der Waals surface area contributed by atoms with Crippen LogP contribution in [0.3, 0.4) is 0 Å². The van der Waals surface area contributed by atoms with E-state index in [0.717, 1.165) is 36.1 Å². The van der Waals surface area contributed by atoms with E-state index in [2.05, 4.69) is 5.32 Å². The van der Waals surface area contributed by atoms with Crippen molar-refractivity contribution < 1.29 is 35.5 Å². The summed E-state index contributed by atoms with van der Waals surface area (Å²) in [4.78, 5) is 12.4. The molecule has 0 aromatic heterocycles. The van der Waals surface area contributed by atoms with Gasteiger partial charge in [0, 0.05) is 17.4 Å². The van der Waals surface area contributed by atoms with Crippen molar-refractivity contribution in [3.8, 4) is 0 Å². The molecule has 2 aromatic rings. The number of thioether (sulfide) groups is 1. The van der Waals surface area contributed by atoms with Gasteiger partial charge in [-0.25, -0.2) is 4.39 Å². The summed E-state index contributed by atoms with van der Waals surface area (Å²) >= 11 is 13.0. The fourth-order valence-electron chi connectivity index (χ4n) is 3.09. The molecule has 1 amide bonds. The fraction of sp³-hybridized carbons (Fsp3) is 0.348. The third kappa shape index (κ3) is 8.05. The van der Waals surface area contributed by atoms with Crippen LogP contribution in [-0.2, 0) is 6.18 Å². The van der Waals surface area contributed by atoms with Gasteiger partial charge in [-0.2, -0.15) is 38.1 Å². The van der Waals surface area contributed by atoms with E-state index in [4.69, 9.17) is 23.2 Å². The van der Waals surface area contributed by atoms with E-state index in [1.807, 2.05) is 6.92 Å². The Morgan fingerprint density at radius 3 is 2.26 bits per heavy atom. The number of carbonyl (C=O) groups is 1. The molecule has 0 aliphatic rings. The highest BCUT2D eigenvalue weighted by Gasteiger charge is 2.40. The summed E-state index contributed by atoms with van der Waals surface area (Å²) in [6.45, 7) is 3.50. The minimum atomic E-state index is -5.06. The molecule has 0 aliphatic carbocycles. The molecule has 0 heterocycles. The Hall–Kier alpha value is -1.91. The molecule has 2 nitrogen and oxygen atoms in total. The summed E-state index contributed by atoms with van der Waals surface area (Å²) in [6, 6.07) is 4.42. The topological polar surface area (TPSA) is 29.1 Å². The highest BCUT2D eigenvalue weighted by atomic mass is 35.5. The molecule has 2 atom stereocenters. The molecule has 0 saturated carbocycles. The third-order valence-electron chi connectivity index (χ3n) is 4.76. The first-order chi connectivity index (χ1) is 16.1. The van der Waals surface area contributed by atoms with Crippen molar-refractivity contribution >= 4 is 46.7 Å². The van der Waals surface area contributed by atoms with Gasteiger partial charge in [0.05, 0.1) is 21.2 Å². The Morgan fingerprint density at radius 2 is 1.71 bits per heavy atom. The largest absolute Gasteiger partial charge is 0.417 e. The van der Waals surface area contributed by atoms with Crippen molar-refractivity contribution in [3.05, 3.63) is 74.8 Å². The van der Waals surface area contributed by atoms with Crippen molar-refractivity contribution in [2.24, 2.45) is 0 Å². The summed E-state index contributed by atoms with van der Waals surface area (Å²) in [7, 11) is 0. The number of rotatable bonds is 8. The van der Waals surface area contributed by atoms with E-state index < -0.39 is 58.3 Å². The number of allylic oxidation sites excluding steroid dienone is 1. The molecular formula is C23H20Cl2F7NOS. The summed E-state index contributed by atoms with van der Waals surface area (Å²) < 4.78 is 96.8. The molecule has 2 aromatic carbocycles. The summed E-state index contributed by atoms with van der Waals surface area (Å²) in [6.07, 6.45) is -9.88. The van der Waals surface area contributed by atoms with Crippen LogP contribution >= 0.6 is 35.0 Å². The average Bonchev–Trinajstić information content (AvgIpc) is 2.76. The molecule has 0 aliphatic heterocycles. The van der Waals surface area contributed by atoms with Crippen LogP contribution < -0.4 is 5.32 Å². The number of alkyl halides is 6. The molecule has 0 radical (unpaired) electrons. The normalized spacial score (nSPS) is 14.5. The molecule has 0 fully saturated rings. The SMILES string of the molecule is CCSC[C@@H](C)NC(=O)c1ccc(/C(F)=C/C(c2ccc(Cl)c(Cl)c2)C(F)(F)F)cc1C(F)(F)F. The Morgan fingerprint density at radius 1 is 1.06 bits per heavy atom. The monoisotopic (exact) mass is 561 g/mol. The number of amides is 1. The molecule has 0 bridgehead atoms. The van der Waals surface area contributed by atoms with Crippen molar-refractivity contribution in [3.63, 3.8) is 0 Å². The van der Waals surface area contributed by atoms with Crippen LogP contribution in [-0.4, -0.2) is 29.6 Å². The van der Waals surface area contributed by atoms with Crippen LogP contribution in [0.15, 0.2) is 42.5 Å². The number of hydrogen-bond donors (Lipinski definition) is 1. The first kappa shape index (κ1) is 29.3. The predicted octanol–water partition coefficient (Wildman–Crippen LogP) is 8.54. The standard InChI is InChI=1S/C23H20Cl2F7NOS/c1-3-35-11-12(2)33-21(34)15-6-4-14(8-17(15)23(30,31)32)20(26)10-16(22(27,28)29)13-5-7-18(24)19(25)9-13/h4-10,12,16H,3,11H2,1-2H3,(H,33,34)/b20-10-/t12-,16?/m1/s1. The van der Waals surface area contributed by atoms with E-state index in [1.54, 1.807) is 6.92 Å². The van der Waals surface area contributed by atoms with Gasteiger partial charge >= 0.3 is 12.4 Å². The molecule has 2 rings (SSSR count). The van der Waals surface area contributed by atoms with Crippen LogP contribution in [0.2, 0.25) is 10.0 Å². The molecule has 35 heavy (non-hydrogen) atoms. The lowest BCUT2D eigenvalue weighted by Gasteiger charge is -2.19. The first-order valence-electron chi connectivity index (χ1n) is 10.1. The molecule has 0 spiro atoms. The van der Waals surface area contributed by atoms with E-state index in [1.165, 1.54) is 11.8 Å². The van der Waals surface area contributed by atoms with Gasteiger partial charge in [-0.1, -0.05) is 42.3 Å². The van der Waals surface area contributed by atoms with Crippen molar-refractivity contribution in [1.82, 2.24) is 5.32 Å². The van der Waals surface area contributed by atoms with Crippen LogP contribution in [0.1, 0.15) is 46.8 Å². The van der Waals surface area contributed by atoms with Gasteiger partial charge in [0.25, 0.3) is 5.91 Å². The fourth-order valence-corrected chi connectivity index (χ4v) is 4.07. The molecule has 192 valence electrons. The molecule has 1 N–H and O–H groups in total. The van der Waals surface area contributed by atoms with E-state index in [9.17, 15) is 35.5 Å². The summed E-state index contributed by atoms with van der Waals surface area (Å²) in [5.74, 6) is -3.88. The van der Waals surface area contributed by atoms with Crippen molar-refractivity contribution in [2.75, 3.05) is 11.5 Å². The van der Waals surface area contributed by atoms with Gasteiger partial charge in [0.15, 0.2) is 0 Å². The number of benzene rings is 2. The zero-order valence-electron chi connectivity index (χ0n) is 18.3. The zero-order valence-corrected chi connectivity index (χ0v) is 20.7. The smallest absolute Gasteiger partial charge is 0.349 e. The number of hydrogen-bond acceptors (Lipinski definition) is 2. The maximum Gasteiger partial charge on any atom is 0.417 e. The Labute approximate surface area is 211 Å². The van der Waals surface area contributed by atoms with E-state index in [0.29, 0.717) is 11.8 Å². The van der Waals surface area contributed by atoms with Crippen molar-refractivity contribution in [1.29, 1.82) is 0 Å². The van der Waals surface area contributed by atoms with Crippen LogP contribution in [0.5, 0.6) is 0 Å². The van der Waals surface area contributed by atoms with Gasteiger partial charge in [0.2, 0.25) is 0 Å². The minimum Gasteiger partial charge on any atom is -0.349 e. The first-order valence-corrected chi connectivity index (χ1v) is 12.0. The molecule has 0 saturated heterocycles.